The lowest BCUT2D eigenvalue weighted by atomic mass is 10.1. The zero-order valence-corrected chi connectivity index (χ0v) is 20.2. The van der Waals surface area contributed by atoms with Crippen LogP contribution >= 0.6 is 24.0 Å². The fourth-order valence-electron chi connectivity index (χ4n) is 3.29. The van der Waals surface area contributed by atoms with Crippen LogP contribution in [0.4, 0.5) is 0 Å². The molecule has 2 heterocycles. The predicted molar refractivity (Wildman–Crippen MR) is 131 cm³/mol. The minimum absolute atomic E-state index is 0. The van der Waals surface area contributed by atoms with Crippen LogP contribution in [0.1, 0.15) is 38.3 Å². The lowest BCUT2D eigenvalue weighted by Crippen LogP contribution is -2.38. The molecule has 8 heteroatoms. The number of hydrogen-bond donors (Lipinski definition) is 2. The number of rotatable bonds is 10. The summed E-state index contributed by atoms with van der Waals surface area (Å²) in [6.45, 7) is 9.02. The number of aromatic nitrogens is 2. The molecule has 2 N–H and O–H groups in total. The molecule has 166 valence electrons. The monoisotopic (exact) mass is 527 g/mol. The van der Waals surface area contributed by atoms with Gasteiger partial charge < -0.3 is 20.1 Å². The molecule has 0 amide bonds. The first kappa shape index (κ1) is 24.6. The largest absolute Gasteiger partial charge is 0.381 e. The van der Waals surface area contributed by atoms with Crippen LogP contribution in [-0.2, 0) is 9.47 Å². The molecule has 1 saturated heterocycles. The van der Waals surface area contributed by atoms with E-state index < -0.39 is 0 Å². The summed E-state index contributed by atoms with van der Waals surface area (Å²) in [4.78, 5) is 4.69. The van der Waals surface area contributed by atoms with Crippen molar-refractivity contribution in [2.24, 2.45) is 10.9 Å². The highest BCUT2D eigenvalue weighted by atomic mass is 127. The molecule has 0 spiro atoms. The summed E-state index contributed by atoms with van der Waals surface area (Å²) < 4.78 is 13.0. The third-order valence-corrected chi connectivity index (χ3v) is 4.93. The maximum absolute atomic E-state index is 5.76. The van der Waals surface area contributed by atoms with Gasteiger partial charge >= 0.3 is 0 Å². The first-order chi connectivity index (χ1) is 14.3. The number of hydrogen-bond acceptors (Lipinski definition) is 4. The Morgan fingerprint density at radius 1 is 1.40 bits per heavy atom. The third kappa shape index (κ3) is 7.88. The van der Waals surface area contributed by atoms with Crippen molar-refractivity contribution in [3.05, 3.63) is 48.3 Å². The van der Waals surface area contributed by atoms with Gasteiger partial charge in [0.1, 0.15) is 0 Å². The summed E-state index contributed by atoms with van der Waals surface area (Å²) in [6, 6.07) is 10.4. The molecule has 1 aliphatic rings. The highest BCUT2D eigenvalue weighted by Crippen LogP contribution is 2.16. The van der Waals surface area contributed by atoms with E-state index in [1.165, 1.54) is 5.56 Å². The molecule has 0 saturated carbocycles. The van der Waals surface area contributed by atoms with Gasteiger partial charge in [-0.3, -0.25) is 4.99 Å². The Kier molecular flexibility index (Phi) is 11.2. The quantitative estimate of drug-likeness (QED) is 0.214. The van der Waals surface area contributed by atoms with Crippen LogP contribution in [0.3, 0.4) is 0 Å². The van der Waals surface area contributed by atoms with Crippen molar-refractivity contribution in [3.63, 3.8) is 0 Å². The maximum atomic E-state index is 5.76. The molecule has 1 aliphatic heterocycles. The summed E-state index contributed by atoms with van der Waals surface area (Å²) >= 11 is 0. The Balaban J connectivity index is 0.00000320. The van der Waals surface area contributed by atoms with Crippen molar-refractivity contribution in [2.75, 3.05) is 39.5 Å². The van der Waals surface area contributed by atoms with Crippen LogP contribution < -0.4 is 10.6 Å². The number of nitrogens with zero attached hydrogens (tertiary/aromatic N) is 3. The van der Waals surface area contributed by atoms with Gasteiger partial charge in [0.25, 0.3) is 0 Å². The summed E-state index contributed by atoms with van der Waals surface area (Å²) in [5, 5.41) is 11.1. The normalized spacial score (nSPS) is 17.4. The van der Waals surface area contributed by atoms with Crippen LogP contribution in [0.15, 0.2) is 47.7 Å². The van der Waals surface area contributed by atoms with Crippen LogP contribution in [0.25, 0.3) is 5.69 Å². The maximum Gasteiger partial charge on any atom is 0.191 e. The van der Waals surface area contributed by atoms with E-state index in [1.807, 2.05) is 16.9 Å². The van der Waals surface area contributed by atoms with E-state index in [2.05, 4.69) is 53.8 Å². The van der Waals surface area contributed by atoms with Crippen molar-refractivity contribution in [3.8, 4) is 5.69 Å². The van der Waals surface area contributed by atoms with E-state index in [4.69, 9.17) is 14.5 Å². The number of benzene rings is 1. The Morgan fingerprint density at radius 3 is 3.03 bits per heavy atom. The van der Waals surface area contributed by atoms with Crippen molar-refractivity contribution in [2.45, 2.75) is 32.7 Å². The molecule has 30 heavy (non-hydrogen) atoms. The fraction of sp³-hybridized carbons (Fsp3) is 0.545. The van der Waals surface area contributed by atoms with Gasteiger partial charge in [0, 0.05) is 44.6 Å². The van der Waals surface area contributed by atoms with E-state index >= 15 is 0 Å². The second kappa shape index (κ2) is 13.6. The van der Waals surface area contributed by atoms with Crippen LogP contribution in [0.5, 0.6) is 0 Å². The molecular formula is C22H34IN5O2. The Labute approximate surface area is 196 Å². The van der Waals surface area contributed by atoms with Crippen molar-refractivity contribution >= 4 is 29.9 Å². The van der Waals surface area contributed by atoms with E-state index in [0.717, 1.165) is 64.0 Å². The highest BCUT2D eigenvalue weighted by molar-refractivity contribution is 14.0. The second-order valence-corrected chi connectivity index (χ2v) is 7.33. The minimum Gasteiger partial charge on any atom is -0.381 e. The smallest absolute Gasteiger partial charge is 0.191 e. The first-order valence-electron chi connectivity index (χ1n) is 10.6. The Morgan fingerprint density at radius 2 is 2.30 bits per heavy atom. The van der Waals surface area contributed by atoms with Gasteiger partial charge in [-0.1, -0.05) is 12.1 Å². The van der Waals surface area contributed by atoms with E-state index in [0.29, 0.717) is 5.92 Å². The van der Waals surface area contributed by atoms with Gasteiger partial charge in [-0.05, 0) is 50.5 Å². The minimum atomic E-state index is 0. The molecule has 1 aromatic carbocycles. The highest BCUT2D eigenvalue weighted by Gasteiger charge is 2.15. The average Bonchev–Trinajstić information content (AvgIpc) is 3.45. The standard InChI is InChI=1S/C22H33N5O2.HI/c1-3-23-22(24-10-6-13-28-16-19-9-14-29-17-19)26-18(2)20-7-4-8-21(15-20)27-12-5-11-25-27;/h4-5,7-8,11-12,15,18-19H,3,6,9-10,13-14,16-17H2,1-2H3,(H2,23,24,26);1H. The molecule has 0 bridgehead atoms. The third-order valence-electron chi connectivity index (χ3n) is 4.93. The van der Waals surface area contributed by atoms with Gasteiger partial charge in [0.2, 0.25) is 0 Å². The van der Waals surface area contributed by atoms with Crippen molar-refractivity contribution in [1.82, 2.24) is 20.4 Å². The zero-order chi connectivity index (χ0) is 20.3. The topological polar surface area (TPSA) is 72.7 Å². The van der Waals surface area contributed by atoms with Gasteiger partial charge in [0.15, 0.2) is 5.96 Å². The molecule has 1 fully saturated rings. The lowest BCUT2D eigenvalue weighted by Gasteiger charge is -2.19. The molecular weight excluding hydrogens is 493 g/mol. The van der Waals surface area contributed by atoms with Gasteiger partial charge in [-0.25, -0.2) is 4.68 Å². The van der Waals surface area contributed by atoms with Gasteiger partial charge in [-0.2, -0.15) is 5.10 Å². The number of guanidine groups is 1. The van der Waals surface area contributed by atoms with Gasteiger partial charge in [0.05, 0.1) is 24.9 Å². The van der Waals surface area contributed by atoms with Crippen LogP contribution in [0.2, 0.25) is 0 Å². The SMILES string of the molecule is CCNC(=NCCCOCC1CCOC1)NC(C)c1cccc(-n2cccn2)c1.I. The summed E-state index contributed by atoms with van der Waals surface area (Å²) in [5.41, 5.74) is 2.23. The zero-order valence-electron chi connectivity index (χ0n) is 17.9. The molecule has 3 rings (SSSR count). The van der Waals surface area contributed by atoms with Crippen LogP contribution in [-0.4, -0.2) is 55.3 Å². The molecule has 2 aromatic rings. The predicted octanol–water partition coefficient (Wildman–Crippen LogP) is 3.55. The number of nitrogens with one attached hydrogen (secondary N) is 2. The van der Waals surface area contributed by atoms with Crippen molar-refractivity contribution < 1.29 is 9.47 Å². The Hall–Kier alpha value is -1.65. The number of halogens is 1. The van der Waals surface area contributed by atoms with Crippen LogP contribution in [0, 0.1) is 5.92 Å². The molecule has 2 atom stereocenters. The average molecular weight is 527 g/mol. The van der Waals surface area contributed by atoms with Gasteiger partial charge in [-0.15, -0.1) is 24.0 Å². The van der Waals surface area contributed by atoms with E-state index in [9.17, 15) is 0 Å². The summed E-state index contributed by atoms with van der Waals surface area (Å²) in [7, 11) is 0. The molecule has 0 radical (unpaired) electrons. The summed E-state index contributed by atoms with van der Waals surface area (Å²) in [6.07, 6.45) is 5.76. The van der Waals surface area contributed by atoms with Crippen molar-refractivity contribution in [1.29, 1.82) is 0 Å². The Bertz CT molecular complexity index is 748. The van der Waals surface area contributed by atoms with E-state index in [1.54, 1.807) is 6.20 Å². The number of aliphatic imine (C=N–C) groups is 1. The second-order valence-electron chi connectivity index (χ2n) is 7.33. The fourth-order valence-corrected chi connectivity index (χ4v) is 3.29. The first-order valence-corrected chi connectivity index (χ1v) is 10.6. The molecule has 2 unspecified atom stereocenters. The molecule has 7 nitrogen and oxygen atoms in total. The number of ether oxygens (including phenoxy) is 2. The van der Waals surface area contributed by atoms with E-state index in [-0.39, 0.29) is 30.0 Å². The lowest BCUT2D eigenvalue weighted by molar-refractivity contribution is 0.0893. The molecule has 0 aliphatic carbocycles. The molecule has 1 aromatic heterocycles. The summed E-state index contributed by atoms with van der Waals surface area (Å²) in [5.74, 6) is 1.39.